The lowest BCUT2D eigenvalue weighted by atomic mass is 9.75. The van der Waals surface area contributed by atoms with E-state index < -0.39 is 17.4 Å². The lowest BCUT2D eigenvalue weighted by Crippen LogP contribution is -2.25. The SMILES string of the molecule is C=C(CSCCOC(=O)CCCC(C)(C)c1cccc(C(C)(C)CC(=O)OCCSCC(=C)C(=O)OCC)c1)C(=O)OCC. The summed E-state index contributed by atoms with van der Waals surface area (Å²) in [4.78, 5) is 48.0. The third-order valence-electron chi connectivity index (χ3n) is 6.86. The lowest BCUT2D eigenvalue weighted by Gasteiger charge is -2.29. The van der Waals surface area contributed by atoms with Gasteiger partial charge in [0.2, 0.25) is 0 Å². The lowest BCUT2D eigenvalue weighted by molar-refractivity contribution is -0.144. The van der Waals surface area contributed by atoms with Crippen LogP contribution in [-0.2, 0) is 49.0 Å². The minimum absolute atomic E-state index is 0.180. The topological polar surface area (TPSA) is 105 Å². The molecule has 1 rings (SSSR count). The number of hydrogen-bond acceptors (Lipinski definition) is 10. The van der Waals surface area contributed by atoms with Crippen LogP contribution >= 0.6 is 23.5 Å². The van der Waals surface area contributed by atoms with Crippen molar-refractivity contribution in [1.29, 1.82) is 0 Å². The van der Waals surface area contributed by atoms with E-state index in [1.807, 2.05) is 26.0 Å². The Morgan fingerprint density at radius 1 is 0.727 bits per heavy atom. The van der Waals surface area contributed by atoms with Gasteiger partial charge in [0.15, 0.2) is 0 Å². The molecule has 246 valence electrons. The van der Waals surface area contributed by atoms with Gasteiger partial charge in [-0.25, -0.2) is 9.59 Å². The first-order valence-corrected chi connectivity index (χ1v) is 17.3. The molecule has 0 aliphatic heterocycles. The quantitative estimate of drug-likeness (QED) is 0.0590. The van der Waals surface area contributed by atoms with Crippen LogP contribution < -0.4 is 0 Å². The van der Waals surface area contributed by atoms with E-state index in [0.717, 1.165) is 17.5 Å². The fraction of sp³-hybridized carbons (Fsp3) is 0.588. The normalized spacial score (nSPS) is 11.4. The van der Waals surface area contributed by atoms with Crippen molar-refractivity contribution in [1.82, 2.24) is 0 Å². The smallest absolute Gasteiger partial charge is 0.334 e. The number of carbonyl (C=O) groups is 4. The summed E-state index contributed by atoms with van der Waals surface area (Å²) in [7, 11) is 0. The molecule has 0 amide bonds. The highest BCUT2D eigenvalue weighted by atomic mass is 32.2. The van der Waals surface area contributed by atoms with E-state index in [1.54, 1.807) is 13.8 Å². The second-order valence-corrected chi connectivity index (χ2v) is 13.8. The second-order valence-electron chi connectivity index (χ2n) is 11.6. The molecule has 0 fully saturated rings. The zero-order chi connectivity index (χ0) is 33.2. The Balaban J connectivity index is 2.47. The number of rotatable bonds is 22. The number of hydrogen-bond donors (Lipinski definition) is 0. The molecule has 1 aromatic carbocycles. The second kappa shape index (κ2) is 20.3. The Bertz CT molecular complexity index is 1130. The first-order chi connectivity index (χ1) is 20.7. The Kier molecular flexibility index (Phi) is 18.2. The first-order valence-electron chi connectivity index (χ1n) is 15.0. The Morgan fingerprint density at radius 2 is 1.20 bits per heavy atom. The summed E-state index contributed by atoms with van der Waals surface area (Å²) in [6.45, 7) is 20.5. The van der Waals surface area contributed by atoms with E-state index in [9.17, 15) is 19.2 Å². The summed E-state index contributed by atoms with van der Waals surface area (Å²) in [5.74, 6) is 0.720. The highest BCUT2D eigenvalue weighted by Crippen LogP contribution is 2.34. The molecule has 0 bridgehead atoms. The summed E-state index contributed by atoms with van der Waals surface area (Å²) in [5.41, 5.74) is 2.37. The summed E-state index contributed by atoms with van der Waals surface area (Å²) in [6.07, 6.45) is 2.04. The van der Waals surface area contributed by atoms with E-state index in [2.05, 4.69) is 39.1 Å². The summed E-state index contributed by atoms with van der Waals surface area (Å²) >= 11 is 2.94. The molecule has 44 heavy (non-hydrogen) atoms. The molecule has 0 atom stereocenters. The van der Waals surface area contributed by atoms with Gasteiger partial charge in [0, 0.05) is 46.0 Å². The molecule has 0 aromatic heterocycles. The van der Waals surface area contributed by atoms with Gasteiger partial charge in [-0.15, -0.1) is 0 Å². The molecule has 0 spiro atoms. The summed E-state index contributed by atoms with van der Waals surface area (Å²) in [6, 6.07) is 8.26. The van der Waals surface area contributed by atoms with Crippen LogP contribution in [-0.4, -0.2) is 73.3 Å². The summed E-state index contributed by atoms with van der Waals surface area (Å²) in [5, 5.41) is 0. The Hall–Kier alpha value is -2.72. The molecule has 0 saturated carbocycles. The largest absolute Gasteiger partial charge is 0.465 e. The van der Waals surface area contributed by atoms with Crippen LogP contribution in [0, 0.1) is 0 Å². The van der Waals surface area contributed by atoms with Crippen molar-refractivity contribution in [2.24, 2.45) is 0 Å². The Morgan fingerprint density at radius 3 is 1.70 bits per heavy atom. The fourth-order valence-electron chi connectivity index (χ4n) is 4.17. The van der Waals surface area contributed by atoms with E-state index in [0.29, 0.717) is 60.2 Å². The molecule has 1 aromatic rings. The third kappa shape index (κ3) is 15.3. The van der Waals surface area contributed by atoms with Gasteiger partial charge in [-0.1, -0.05) is 65.1 Å². The van der Waals surface area contributed by atoms with E-state index in [4.69, 9.17) is 18.9 Å². The number of benzene rings is 1. The van der Waals surface area contributed by atoms with Crippen molar-refractivity contribution >= 4 is 47.4 Å². The first kappa shape index (κ1) is 39.3. The van der Waals surface area contributed by atoms with Crippen molar-refractivity contribution in [3.63, 3.8) is 0 Å². The highest BCUT2D eigenvalue weighted by Gasteiger charge is 2.28. The number of ether oxygens (including phenoxy) is 4. The fourth-order valence-corrected chi connectivity index (χ4v) is 5.59. The van der Waals surface area contributed by atoms with Gasteiger partial charge in [-0.3, -0.25) is 9.59 Å². The van der Waals surface area contributed by atoms with Crippen LogP contribution in [0.3, 0.4) is 0 Å². The molecule has 10 heteroatoms. The maximum absolute atomic E-state index is 12.6. The predicted octanol–water partition coefficient (Wildman–Crippen LogP) is 6.59. The number of carbonyl (C=O) groups excluding carboxylic acids is 4. The molecule has 0 radical (unpaired) electrons. The molecule has 0 saturated heterocycles. The summed E-state index contributed by atoms with van der Waals surface area (Å²) < 4.78 is 20.6. The molecule has 8 nitrogen and oxygen atoms in total. The standard InChI is InChI=1S/C34H50O8S2/c1-9-39-31(37)25(3)23-43-19-17-41-29(35)15-12-16-33(5,6)27-13-11-14-28(21-27)34(7,8)22-30(36)42-18-20-44-24-26(4)32(38)40-10-2/h11,13-14,21H,3-4,9-10,12,15-20,22-24H2,1-2,5-8H3. The van der Waals surface area contributed by atoms with Crippen molar-refractivity contribution in [2.45, 2.75) is 78.1 Å². The molecular formula is C34H50O8S2. The molecule has 0 unspecified atom stereocenters. The molecule has 0 aliphatic carbocycles. The van der Waals surface area contributed by atoms with E-state index in [1.165, 1.54) is 23.5 Å². The van der Waals surface area contributed by atoms with Gasteiger partial charge in [-0.2, -0.15) is 23.5 Å². The maximum atomic E-state index is 12.6. The molecule has 0 N–H and O–H groups in total. The molecular weight excluding hydrogens is 601 g/mol. The maximum Gasteiger partial charge on any atom is 0.334 e. The van der Waals surface area contributed by atoms with E-state index >= 15 is 0 Å². The molecule has 0 heterocycles. The minimum Gasteiger partial charge on any atom is -0.465 e. The van der Waals surface area contributed by atoms with Crippen LogP contribution in [0.2, 0.25) is 0 Å². The zero-order valence-corrected chi connectivity index (χ0v) is 28.9. The average Bonchev–Trinajstić information content (AvgIpc) is 2.96. The van der Waals surface area contributed by atoms with Crippen LogP contribution in [0.5, 0.6) is 0 Å². The van der Waals surface area contributed by atoms with Crippen LogP contribution in [0.4, 0.5) is 0 Å². The van der Waals surface area contributed by atoms with Crippen LogP contribution in [0.1, 0.15) is 78.4 Å². The minimum atomic E-state index is -0.432. The van der Waals surface area contributed by atoms with Crippen molar-refractivity contribution in [3.05, 3.63) is 59.7 Å². The van der Waals surface area contributed by atoms with Gasteiger partial charge >= 0.3 is 23.9 Å². The monoisotopic (exact) mass is 650 g/mol. The van der Waals surface area contributed by atoms with E-state index in [-0.39, 0.29) is 37.0 Å². The van der Waals surface area contributed by atoms with Crippen LogP contribution in [0.15, 0.2) is 48.6 Å². The van der Waals surface area contributed by atoms with Gasteiger partial charge in [0.05, 0.1) is 19.6 Å². The van der Waals surface area contributed by atoms with Crippen molar-refractivity contribution < 1.29 is 38.1 Å². The van der Waals surface area contributed by atoms with Gasteiger partial charge in [-0.05, 0) is 43.2 Å². The average molecular weight is 651 g/mol. The highest BCUT2D eigenvalue weighted by molar-refractivity contribution is 7.99. The van der Waals surface area contributed by atoms with Gasteiger partial charge in [0.1, 0.15) is 13.2 Å². The van der Waals surface area contributed by atoms with Crippen molar-refractivity contribution in [3.8, 4) is 0 Å². The van der Waals surface area contributed by atoms with Gasteiger partial charge < -0.3 is 18.9 Å². The number of esters is 4. The predicted molar refractivity (Wildman–Crippen MR) is 179 cm³/mol. The van der Waals surface area contributed by atoms with Crippen LogP contribution in [0.25, 0.3) is 0 Å². The zero-order valence-electron chi connectivity index (χ0n) is 27.3. The third-order valence-corrected chi connectivity index (χ3v) is 8.87. The van der Waals surface area contributed by atoms with Gasteiger partial charge in [0.25, 0.3) is 0 Å². The number of thioether (sulfide) groups is 2. The van der Waals surface area contributed by atoms with Crippen molar-refractivity contribution in [2.75, 3.05) is 49.4 Å². The Labute approximate surface area is 272 Å². The molecule has 0 aliphatic rings.